The minimum absolute atomic E-state index is 0.232. The van der Waals surface area contributed by atoms with Gasteiger partial charge in [-0.15, -0.1) is 0 Å². The SMILES string of the molecule is CC/C=C\C/C=C\C/C=C\C/C=C\CCCCCCCCCCCCCCCCCCCCCCCCCCCCC(=O)NC(COC1OC(CO)C(OC2OC(CO)C(OC3OC(CO)C(O)C(O)C3O)C(O)C2O)C(O)C1O)C(O)/C=C/CC/C=C/CC/C=C/CCCC. The van der Waals surface area contributed by atoms with E-state index in [4.69, 9.17) is 28.4 Å². The van der Waals surface area contributed by atoms with E-state index in [1.807, 2.05) is 6.08 Å². The van der Waals surface area contributed by atoms with Gasteiger partial charge in [0.15, 0.2) is 18.9 Å². The van der Waals surface area contributed by atoms with E-state index in [2.05, 4.69) is 92.1 Å². The van der Waals surface area contributed by atoms with E-state index in [0.717, 1.165) is 70.6 Å². The highest BCUT2D eigenvalue weighted by atomic mass is 16.8. The second-order valence-electron chi connectivity index (χ2n) is 26.7. The van der Waals surface area contributed by atoms with Crippen LogP contribution in [0.15, 0.2) is 85.1 Å². The number of aliphatic hydroxyl groups excluding tert-OH is 11. The van der Waals surface area contributed by atoms with Gasteiger partial charge >= 0.3 is 0 Å². The summed E-state index contributed by atoms with van der Waals surface area (Å²) in [5.74, 6) is -0.289. The van der Waals surface area contributed by atoms with Gasteiger partial charge in [-0.25, -0.2) is 0 Å². The number of carbonyl (C=O) groups is 1. The van der Waals surface area contributed by atoms with Crippen molar-refractivity contribution in [1.29, 1.82) is 0 Å². The van der Waals surface area contributed by atoms with Crippen molar-refractivity contribution in [3.63, 3.8) is 0 Å². The molecule has 556 valence electrons. The first kappa shape index (κ1) is 87.2. The molecular weight excluding hydrogens is 1230 g/mol. The fourth-order valence-electron chi connectivity index (χ4n) is 12.3. The summed E-state index contributed by atoms with van der Waals surface area (Å²) in [7, 11) is 0. The van der Waals surface area contributed by atoms with Gasteiger partial charge in [-0.1, -0.05) is 266 Å². The molecule has 3 saturated heterocycles. The van der Waals surface area contributed by atoms with Crippen molar-refractivity contribution < 1.29 is 89.4 Å². The minimum Gasteiger partial charge on any atom is -0.394 e. The molecule has 3 rings (SSSR count). The first-order valence-corrected chi connectivity index (χ1v) is 37.8. The van der Waals surface area contributed by atoms with Crippen molar-refractivity contribution in [3.8, 4) is 0 Å². The Balaban J connectivity index is 1.28. The van der Waals surface area contributed by atoms with Crippen molar-refractivity contribution in [2.45, 2.75) is 369 Å². The normalized spacial score (nSPS) is 27.5. The Morgan fingerprint density at radius 2 is 0.729 bits per heavy atom. The number of amides is 1. The summed E-state index contributed by atoms with van der Waals surface area (Å²) >= 11 is 0. The van der Waals surface area contributed by atoms with Crippen LogP contribution in [0, 0.1) is 0 Å². The average molecular weight is 1360 g/mol. The number of hydrogen-bond donors (Lipinski definition) is 12. The fraction of sp³-hybridized carbons (Fsp3) is 0.805. The minimum atomic E-state index is -1.98. The van der Waals surface area contributed by atoms with E-state index in [0.29, 0.717) is 12.8 Å². The van der Waals surface area contributed by atoms with E-state index in [-0.39, 0.29) is 18.9 Å². The van der Waals surface area contributed by atoms with Crippen LogP contribution < -0.4 is 5.32 Å². The van der Waals surface area contributed by atoms with Crippen LogP contribution in [0.2, 0.25) is 0 Å². The summed E-state index contributed by atoms with van der Waals surface area (Å²) in [5.41, 5.74) is 0. The smallest absolute Gasteiger partial charge is 0.220 e. The van der Waals surface area contributed by atoms with E-state index in [9.17, 15) is 61.0 Å². The third-order valence-corrected chi connectivity index (χ3v) is 18.4. The van der Waals surface area contributed by atoms with Gasteiger partial charge in [0.2, 0.25) is 5.91 Å². The van der Waals surface area contributed by atoms with Crippen molar-refractivity contribution in [3.05, 3.63) is 85.1 Å². The molecule has 3 heterocycles. The highest BCUT2D eigenvalue weighted by molar-refractivity contribution is 5.76. The number of rotatable bonds is 58. The molecule has 1 amide bonds. The Labute approximate surface area is 578 Å². The van der Waals surface area contributed by atoms with Crippen LogP contribution in [0.25, 0.3) is 0 Å². The lowest BCUT2D eigenvalue weighted by atomic mass is 9.96. The third-order valence-electron chi connectivity index (χ3n) is 18.4. The Bertz CT molecular complexity index is 2070. The lowest BCUT2D eigenvalue weighted by molar-refractivity contribution is -0.379. The Hall–Kier alpha value is -3.03. The van der Waals surface area contributed by atoms with E-state index < -0.39 is 124 Å². The van der Waals surface area contributed by atoms with Crippen LogP contribution in [0.3, 0.4) is 0 Å². The van der Waals surface area contributed by atoms with Crippen molar-refractivity contribution >= 4 is 5.91 Å². The maximum absolute atomic E-state index is 13.4. The Morgan fingerprint density at radius 1 is 0.385 bits per heavy atom. The molecule has 17 atom stereocenters. The molecule has 96 heavy (non-hydrogen) atoms. The van der Waals surface area contributed by atoms with Gasteiger partial charge in [-0.3, -0.25) is 4.79 Å². The summed E-state index contributed by atoms with van der Waals surface area (Å²) in [6, 6.07) is -0.997. The van der Waals surface area contributed by atoms with Crippen LogP contribution in [-0.4, -0.2) is 193 Å². The summed E-state index contributed by atoms with van der Waals surface area (Å²) in [4.78, 5) is 13.4. The van der Waals surface area contributed by atoms with Crippen LogP contribution in [0.4, 0.5) is 0 Å². The topological polar surface area (TPSA) is 307 Å². The van der Waals surface area contributed by atoms with Crippen LogP contribution in [-0.2, 0) is 33.2 Å². The van der Waals surface area contributed by atoms with Crippen LogP contribution in [0.1, 0.15) is 264 Å². The van der Waals surface area contributed by atoms with E-state index in [1.54, 1.807) is 6.08 Å². The molecule has 3 aliphatic rings. The molecule has 0 saturated carbocycles. The zero-order chi connectivity index (χ0) is 69.6. The zero-order valence-electron chi connectivity index (χ0n) is 59.1. The van der Waals surface area contributed by atoms with Gasteiger partial charge in [0.05, 0.1) is 38.6 Å². The number of aliphatic hydroxyl groups is 11. The average Bonchev–Trinajstić information content (AvgIpc) is 0.787. The van der Waals surface area contributed by atoms with Crippen molar-refractivity contribution in [2.75, 3.05) is 26.4 Å². The summed E-state index contributed by atoms with van der Waals surface area (Å²) < 4.78 is 34.3. The quantitative estimate of drug-likeness (QED) is 0.0199. The second-order valence-corrected chi connectivity index (χ2v) is 26.7. The molecule has 0 aromatic carbocycles. The lowest BCUT2D eigenvalue weighted by Crippen LogP contribution is -2.66. The summed E-state index contributed by atoms with van der Waals surface area (Å²) in [6.45, 7) is 1.54. The third kappa shape index (κ3) is 38.1. The molecule has 3 aliphatic heterocycles. The Morgan fingerprint density at radius 3 is 1.17 bits per heavy atom. The highest BCUT2D eigenvalue weighted by Gasteiger charge is 2.53. The molecule has 0 aliphatic carbocycles. The summed E-state index contributed by atoms with van der Waals surface area (Å²) in [5, 5.41) is 120. The van der Waals surface area contributed by atoms with Gasteiger partial charge in [0, 0.05) is 6.42 Å². The number of carbonyl (C=O) groups excluding carboxylic acids is 1. The highest BCUT2D eigenvalue weighted by Crippen LogP contribution is 2.33. The van der Waals surface area contributed by atoms with Gasteiger partial charge in [0.1, 0.15) is 73.2 Å². The maximum atomic E-state index is 13.4. The van der Waals surface area contributed by atoms with Crippen molar-refractivity contribution in [1.82, 2.24) is 5.32 Å². The molecule has 12 N–H and O–H groups in total. The molecule has 3 fully saturated rings. The predicted molar refractivity (Wildman–Crippen MR) is 378 cm³/mol. The van der Waals surface area contributed by atoms with Crippen LogP contribution in [0.5, 0.6) is 0 Å². The molecule has 0 spiro atoms. The number of ether oxygens (including phenoxy) is 6. The van der Waals surface area contributed by atoms with Gasteiger partial charge < -0.3 is 89.9 Å². The molecule has 17 unspecified atom stereocenters. The number of allylic oxidation sites excluding steroid dienone is 13. The molecule has 19 nitrogen and oxygen atoms in total. The molecule has 0 radical (unpaired) electrons. The molecule has 19 heteroatoms. The number of unbranched alkanes of at least 4 members (excludes halogenated alkanes) is 30. The standard InChI is InChI=1S/C77H135NO18/c1-3-5-7-9-11-13-15-17-18-19-20-21-22-23-24-25-26-27-28-29-30-31-32-33-34-35-36-37-38-39-40-41-42-43-45-47-49-51-53-55-65(83)78-60(61(82)54-52-50-48-46-44-16-14-12-10-8-6-4-2)59-91-75-71(89)68(86)73(63(57-80)93-75)96-77-72(90)69(87)74(64(58-81)94-77)95-76-70(88)67(85)66(84)62(56-79)92-76/h5,7,10-13,17-18,20-21,44,46,52,54,60-64,66-77,79-82,84-90H,3-4,6,8-9,14-16,19,22-43,45,47-51,53,55-59H2,1-2H3,(H,78,83)/b7-5-,12-10+,13-11-,18-17-,21-20-,46-44+,54-52+. The van der Waals surface area contributed by atoms with E-state index in [1.165, 1.54) is 161 Å². The first-order valence-electron chi connectivity index (χ1n) is 37.8. The molecule has 0 bridgehead atoms. The first-order chi connectivity index (χ1) is 46.8. The zero-order valence-corrected chi connectivity index (χ0v) is 59.1. The van der Waals surface area contributed by atoms with Gasteiger partial charge in [0.25, 0.3) is 0 Å². The summed E-state index contributed by atoms with van der Waals surface area (Å²) in [6.07, 6.45) is 49.0. The lowest BCUT2D eigenvalue weighted by Gasteiger charge is -2.48. The van der Waals surface area contributed by atoms with Gasteiger partial charge in [-0.05, 0) is 77.0 Å². The maximum Gasteiger partial charge on any atom is 0.220 e. The Kier molecular flexibility index (Phi) is 52.3. The monoisotopic (exact) mass is 1360 g/mol. The predicted octanol–water partition coefficient (Wildman–Crippen LogP) is 11.4. The van der Waals surface area contributed by atoms with Gasteiger partial charge in [-0.2, -0.15) is 0 Å². The van der Waals surface area contributed by atoms with E-state index >= 15 is 0 Å². The van der Waals surface area contributed by atoms with Crippen molar-refractivity contribution in [2.24, 2.45) is 0 Å². The number of hydrogen-bond acceptors (Lipinski definition) is 18. The molecule has 0 aromatic rings. The fourth-order valence-corrected chi connectivity index (χ4v) is 12.3. The second kappa shape index (κ2) is 57.6. The molecular formula is C77H135NO18. The molecule has 0 aromatic heterocycles. The van der Waals surface area contributed by atoms with Crippen LogP contribution >= 0.6 is 0 Å². The number of nitrogens with one attached hydrogen (secondary N) is 1. The largest absolute Gasteiger partial charge is 0.394 e.